The molecule has 0 aliphatic rings. The highest BCUT2D eigenvalue weighted by Gasteiger charge is 2.22. The van der Waals surface area contributed by atoms with E-state index in [1.54, 1.807) is 35.6 Å². The summed E-state index contributed by atoms with van der Waals surface area (Å²) in [5.74, 6) is 0.435. The van der Waals surface area contributed by atoms with Gasteiger partial charge in [-0.05, 0) is 30.5 Å². The van der Waals surface area contributed by atoms with Gasteiger partial charge in [0.2, 0.25) is 0 Å². The Morgan fingerprint density at radius 1 is 1.13 bits per heavy atom. The van der Waals surface area contributed by atoms with Crippen LogP contribution in [0.3, 0.4) is 0 Å². The number of nitrogens with zero attached hydrogens (tertiary/aromatic N) is 3. The maximum absolute atomic E-state index is 13.7. The zero-order chi connectivity index (χ0) is 20.8. The van der Waals surface area contributed by atoms with E-state index in [9.17, 15) is 13.6 Å². The standard InChI is InChI=1S/C20H14F2N4OS3/c1-10(30-20-23-12-5-2-3-6-13(12)26(20)19(21)22)16-24-17(27)15-11(9-29-18(15)25-16)14-7-4-8-28-14/h2-10,19H,1H3,(H,24,25,27). The zero-order valence-corrected chi connectivity index (χ0v) is 18.0. The number of para-hydroxylation sites is 2. The highest BCUT2D eigenvalue weighted by Crippen LogP contribution is 2.38. The Morgan fingerprint density at radius 3 is 2.73 bits per heavy atom. The number of alkyl halides is 2. The molecule has 152 valence electrons. The number of imidazole rings is 1. The number of aromatic amines is 1. The highest BCUT2D eigenvalue weighted by molar-refractivity contribution is 7.99. The third-order valence-electron chi connectivity index (χ3n) is 4.67. The number of benzene rings is 1. The first-order valence-electron chi connectivity index (χ1n) is 9.00. The van der Waals surface area contributed by atoms with Crippen molar-refractivity contribution in [2.75, 3.05) is 0 Å². The molecule has 30 heavy (non-hydrogen) atoms. The normalized spacial score (nSPS) is 12.9. The first-order chi connectivity index (χ1) is 14.5. The van der Waals surface area contributed by atoms with Crippen LogP contribution in [0, 0.1) is 0 Å². The lowest BCUT2D eigenvalue weighted by Gasteiger charge is -2.12. The fourth-order valence-electron chi connectivity index (χ4n) is 3.28. The molecule has 0 saturated heterocycles. The van der Waals surface area contributed by atoms with E-state index in [-0.39, 0.29) is 16.0 Å². The van der Waals surface area contributed by atoms with E-state index in [4.69, 9.17) is 0 Å². The summed E-state index contributed by atoms with van der Waals surface area (Å²) in [5.41, 5.74) is 1.51. The van der Waals surface area contributed by atoms with Crippen molar-refractivity contribution in [3.63, 3.8) is 0 Å². The van der Waals surface area contributed by atoms with Crippen molar-refractivity contribution < 1.29 is 8.78 Å². The van der Waals surface area contributed by atoms with E-state index < -0.39 is 6.55 Å². The van der Waals surface area contributed by atoms with Crippen LogP contribution < -0.4 is 5.56 Å². The average Bonchev–Trinajstić information content (AvgIpc) is 3.45. The lowest BCUT2D eigenvalue weighted by Crippen LogP contribution is -2.12. The molecule has 0 fully saturated rings. The second-order valence-electron chi connectivity index (χ2n) is 6.55. The second kappa shape index (κ2) is 7.60. The fraction of sp³-hybridized carbons (Fsp3) is 0.150. The molecule has 1 aromatic carbocycles. The van der Waals surface area contributed by atoms with Gasteiger partial charge in [-0.1, -0.05) is 30.0 Å². The Bertz CT molecular complexity index is 1400. The van der Waals surface area contributed by atoms with Crippen LogP contribution in [-0.2, 0) is 0 Å². The lowest BCUT2D eigenvalue weighted by atomic mass is 10.2. The van der Waals surface area contributed by atoms with Crippen molar-refractivity contribution in [2.45, 2.75) is 23.9 Å². The molecular formula is C20H14F2N4OS3. The first-order valence-corrected chi connectivity index (χ1v) is 11.6. The molecule has 0 radical (unpaired) electrons. The Balaban J connectivity index is 1.53. The number of thioether (sulfide) groups is 1. The fourth-order valence-corrected chi connectivity index (χ4v) is 6.03. The van der Waals surface area contributed by atoms with Crippen LogP contribution in [0.1, 0.15) is 24.5 Å². The topological polar surface area (TPSA) is 63.6 Å². The van der Waals surface area contributed by atoms with Gasteiger partial charge >= 0.3 is 6.55 Å². The Kier molecular flexibility index (Phi) is 4.92. The van der Waals surface area contributed by atoms with Crippen molar-refractivity contribution in [2.24, 2.45) is 0 Å². The van der Waals surface area contributed by atoms with Gasteiger partial charge in [-0.15, -0.1) is 22.7 Å². The zero-order valence-electron chi connectivity index (χ0n) is 15.5. The maximum Gasteiger partial charge on any atom is 0.321 e. The molecular weight excluding hydrogens is 446 g/mol. The summed E-state index contributed by atoms with van der Waals surface area (Å²) in [7, 11) is 0. The summed E-state index contributed by atoms with van der Waals surface area (Å²) in [6, 6.07) is 10.7. The summed E-state index contributed by atoms with van der Waals surface area (Å²) in [6.45, 7) is -0.898. The molecule has 0 aliphatic carbocycles. The molecule has 4 heterocycles. The number of aromatic nitrogens is 4. The largest absolute Gasteiger partial charge is 0.321 e. The number of thiophene rings is 2. The smallest absolute Gasteiger partial charge is 0.309 e. The molecule has 0 spiro atoms. The van der Waals surface area contributed by atoms with Gasteiger partial charge in [0.25, 0.3) is 5.56 Å². The second-order valence-corrected chi connectivity index (χ2v) is 9.66. The number of nitrogens with one attached hydrogen (secondary N) is 1. The molecule has 0 bridgehead atoms. The number of fused-ring (bicyclic) bond motifs is 2. The molecule has 0 saturated carbocycles. The molecule has 1 unspecified atom stereocenters. The van der Waals surface area contributed by atoms with Gasteiger partial charge < -0.3 is 4.98 Å². The van der Waals surface area contributed by atoms with Gasteiger partial charge in [0.05, 0.1) is 21.7 Å². The summed E-state index contributed by atoms with van der Waals surface area (Å²) >= 11 is 4.11. The number of H-pyrrole nitrogens is 1. The summed E-state index contributed by atoms with van der Waals surface area (Å²) in [6.07, 6.45) is 0. The van der Waals surface area contributed by atoms with Crippen LogP contribution in [0.25, 0.3) is 31.7 Å². The minimum absolute atomic E-state index is 0.187. The molecule has 5 nitrogen and oxygen atoms in total. The van der Waals surface area contributed by atoms with Gasteiger partial charge in [0, 0.05) is 15.8 Å². The van der Waals surface area contributed by atoms with Crippen molar-refractivity contribution in [1.29, 1.82) is 0 Å². The first kappa shape index (κ1) is 19.4. The van der Waals surface area contributed by atoms with Gasteiger partial charge in [-0.3, -0.25) is 9.36 Å². The molecule has 0 aliphatic heterocycles. The molecule has 0 amide bonds. The van der Waals surface area contributed by atoms with Crippen LogP contribution in [0.5, 0.6) is 0 Å². The van der Waals surface area contributed by atoms with Crippen LogP contribution in [0.2, 0.25) is 0 Å². The number of hydrogen-bond acceptors (Lipinski definition) is 6. The average molecular weight is 461 g/mol. The summed E-state index contributed by atoms with van der Waals surface area (Å²) in [5, 5.41) is 4.26. The predicted octanol–water partition coefficient (Wildman–Crippen LogP) is 6.31. The van der Waals surface area contributed by atoms with Crippen LogP contribution in [0.4, 0.5) is 8.78 Å². The number of rotatable bonds is 5. The molecule has 1 atom stereocenters. The number of halogens is 2. The van der Waals surface area contributed by atoms with E-state index in [0.29, 0.717) is 27.1 Å². The minimum atomic E-state index is -2.72. The summed E-state index contributed by atoms with van der Waals surface area (Å²) < 4.78 is 28.3. The van der Waals surface area contributed by atoms with Crippen LogP contribution in [-0.4, -0.2) is 19.5 Å². The molecule has 4 aromatic heterocycles. The minimum Gasteiger partial charge on any atom is -0.309 e. The van der Waals surface area contributed by atoms with Gasteiger partial charge in [-0.2, -0.15) is 8.78 Å². The number of hydrogen-bond donors (Lipinski definition) is 1. The van der Waals surface area contributed by atoms with Crippen LogP contribution >= 0.6 is 34.4 Å². The third kappa shape index (κ3) is 3.24. The van der Waals surface area contributed by atoms with Crippen LogP contribution in [0.15, 0.2) is 57.1 Å². The van der Waals surface area contributed by atoms with Gasteiger partial charge in [0.1, 0.15) is 10.7 Å². The van der Waals surface area contributed by atoms with E-state index >= 15 is 0 Å². The Hall–Kier alpha value is -2.56. The Labute approximate surface area is 181 Å². The van der Waals surface area contributed by atoms with E-state index in [0.717, 1.165) is 26.8 Å². The molecule has 1 N–H and O–H groups in total. The van der Waals surface area contributed by atoms with E-state index in [1.807, 2.05) is 29.8 Å². The quantitative estimate of drug-likeness (QED) is 0.312. The van der Waals surface area contributed by atoms with E-state index in [2.05, 4.69) is 15.0 Å². The van der Waals surface area contributed by atoms with Gasteiger partial charge in [0.15, 0.2) is 5.16 Å². The monoisotopic (exact) mass is 460 g/mol. The summed E-state index contributed by atoms with van der Waals surface area (Å²) in [4.78, 5) is 26.3. The highest BCUT2D eigenvalue weighted by atomic mass is 32.2. The maximum atomic E-state index is 13.7. The van der Waals surface area contributed by atoms with E-state index in [1.165, 1.54) is 11.3 Å². The predicted molar refractivity (Wildman–Crippen MR) is 119 cm³/mol. The van der Waals surface area contributed by atoms with Gasteiger partial charge in [-0.25, -0.2) is 9.97 Å². The third-order valence-corrected chi connectivity index (χ3v) is 7.53. The molecule has 5 rings (SSSR count). The molecule has 5 aromatic rings. The Morgan fingerprint density at radius 2 is 1.97 bits per heavy atom. The lowest BCUT2D eigenvalue weighted by molar-refractivity contribution is 0.0656. The molecule has 10 heteroatoms. The SMILES string of the molecule is CC(Sc1nc2ccccc2n1C(F)F)c1nc2scc(-c3cccs3)c2c(=O)[nH]1. The van der Waals surface area contributed by atoms with Crippen molar-refractivity contribution in [3.05, 3.63) is 63.3 Å². The van der Waals surface area contributed by atoms with Crippen molar-refractivity contribution in [3.8, 4) is 10.4 Å². The van der Waals surface area contributed by atoms with Crippen molar-refractivity contribution >= 4 is 55.7 Å². The van der Waals surface area contributed by atoms with Crippen molar-refractivity contribution in [1.82, 2.24) is 19.5 Å².